The van der Waals surface area contributed by atoms with Crippen molar-refractivity contribution < 1.29 is 14.3 Å². The van der Waals surface area contributed by atoms with Gasteiger partial charge in [0.1, 0.15) is 0 Å². The van der Waals surface area contributed by atoms with Crippen LogP contribution in [-0.4, -0.2) is 18.5 Å². The first kappa shape index (κ1) is 18.3. The van der Waals surface area contributed by atoms with Crippen LogP contribution in [0.15, 0.2) is 42.5 Å². The van der Waals surface area contributed by atoms with E-state index >= 15 is 0 Å². The highest BCUT2D eigenvalue weighted by Crippen LogP contribution is 2.25. The number of anilines is 1. The third kappa shape index (κ3) is 4.98. The number of amides is 1. The van der Waals surface area contributed by atoms with Gasteiger partial charge in [0, 0.05) is 5.02 Å². The van der Waals surface area contributed by atoms with Gasteiger partial charge in [0.2, 0.25) is 0 Å². The maximum Gasteiger partial charge on any atom is 0.338 e. The highest BCUT2D eigenvalue weighted by atomic mass is 35.5. The summed E-state index contributed by atoms with van der Waals surface area (Å²) >= 11 is 11.8. The zero-order valence-corrected chi connectivity index (χ0v) is 14.8. The fourth-order valence-electron chi connectivity index (χ4n) is 2.00. The van der Waals surface area contributed by atoms with Gasteiger partial charge in [0.05, 0.1) is 16.3 Å². The minimum Gasteiger partial charge on any atom is -0.452 e. The number of benzene rings is 2. The van der Waals surface area contributed by atoms with Gasteiger partial charge in [-0.3, -0.25) is 4.79 Å². The van der Waals surface area contributed by atoms with Gasteiger partial charge < -0.3 is 10.1 Å². The molecule has 0 saturated carbocycles. The molecule has 0 heterocycles. The van der Waals surface area contributed by atoms with E-state index < -0.39 is 18.5 Å². The van der Waals surface area contributed by atoms with Gasteiger partial charge in [-0.2, -0.15) is 0 Å². The number of halogens is 2. The molecule has 6 heteroatoms. The molecule has 2 rings (SSSR count). The third-order valence-corrected chi connectivity index (χ3v) is 3.90. The second-order valence-corrected chi connectivity index (χ2v) is 6.37. The molecule has 0 aliphatic carbocycles. The largest absolute Gasteiger partial charge is 0.452 e. The summed E-state index contributed by atoms with van der Waals surface area (Å²) in [5, 5.41) is 3.34. The van der Waals surface area contributed by atoms with E-state index in [1.54, 1.807) is 24.3 Å². The Morgan fingerprint density at radius 3 is 2.33 bits per heavy atom. The number of ether oxygens (including phenoxy) is 1. The molecule has 1 amide bonds. The maximum atomic E-state index is 11.9. The highest BCUT2D eigenvalue weighted by Gasteiger charge is 2.12. The SMILES string of the molecule is CC(C)c1ccc(C(=O)OCC(=O)Nc2ccc(Cl)cc2Cl)cc1. The van der Waals surface area contributed by atoms with Crippen LogP contribution in [0.2, 0.25) is 10.0 Å². The van der Waals surface area contributed by atoms with Crippen LogP contribution in [0.1, 0.15) is 35.7 Å². The van der Waals surface area contributed by atoms with Crippen LogP contribution in [0, 0.1) is 0 Å². The molecule has 0 aliphatic rings. The topological polar surface area (TPSA) is 55.4 Å². The highest BCUT2D eigenvalue weighted by molar-refractivity contribution is 6.36. The number of esters is 1. The average molecular weight is 366 g/mol. The van der Waals surface area contributed by atoms with Crippen molar-refractivity contribution in [2.75, 3.05) is 11.9 Å². The summed E-state index contributed by atoms with van der Waals surface area (Å²) < 4.78 is 5.01. The molecule has 0 spiro atoms. The molecule has 24 heavy (non-hydrogen) atoms. The van der Waals surface area contributed by atoms with Gasteiger partial charge in [-0.1, -0.05) is 49.2 Å². The molecule has 0 aliphatic heterocycles. The molecule has 1 N–H and O–H groups in total. The van der Waals surface area contributed by atoms with Crippen molar-refractivity contribution in [2.45, 2.75) is 19.8 Å². The molecule has 0 atom stereocenters. The monoisotopic (exact) mass is 365 g/mol. The lowest BCUT2D eigenvalue weighted by molar-refractivity contribution is -0.119. The summed E-state index contributed by atoms with van der Waals surface area (Å²) in [6.07, 6.45) is 0. The Balaban J connectivity index is 1.90. The van der Waals surface area contributed by atoms with Gasteiger partial charge in [-0.05, 0) is 41.8 Å². The first-order chi connectivity index (χ1) is 11.4. The Kier molecular flexibility index (Phi) is 6.23. The molecule has 0 fully saturated rings. The number of carbonyl (C=O) groups is 2. The van der Waals surface area contributed by atoms with Crippen molar-refractivity contribution in [1.29, 1.82) is 0 Å². The minimum atomic E-state index is -0.553. The molecule has 0 saturated heterocycles. The van der Waals surface area contributed by atoms with Crippen LogP contribution >= 0.6 is 23.2 Å². The maximum absolute atomic E-state index is 11.9. The smallest absolute Gasteiger partial charge is 0.338 e. The van der Waals surface area contributed by atoms with Crippen LogP contribution in [0.3, 0.4) is 0 Å². The van der Waals surface area contributed by atoms with Crippen LogP contribution in [-0.2, 0) is 9.53 Å². The molecule has 126 valence electrons. The molecular formula is C18H17Cl2NO3. The lowest BCUT2D eigenvalue weighted by Gasteiger charge is -2.09. The van der Waals surface area contributed by atoms with Crippen LogP contribution in [0.4, 0.5) is 5.69 Å². The van der Waals surface area contributed by atoms with Gasteiger partial charge in [0.25, 0.3) is 5.91 Å². The fraction of sp³-hybridized carbons (Fsp3) is 0.222. The van der Waals surface area contributed by atoms with Crippen molar-refractivity contribution in [3.05, 3.63) is 63.6 Å². The summed E-state index contributed by atoms with van der Waals surface area (Å²) in [5.74, 6) is -0.654. The summed E-state index contributed by atoms with van der Waals surface area (Å²) in [7, 11) is 0. The van der Waals surface area contributed by atoms with Crippen LogP contribution in [0.25, 0.3) is 0 Å². The van der Waals surface area contributed by atoms with E-state index in [0.29, 0.717) is 27.2 Å². The zero-order chi connectivity index (χ0) is 17.7. The van der Waals surface area contributed by atoms with Crippen molar-refractivity contribution in [2.24, 2.45) is 0 Å². The van der Waals surface area contributed by atoms with E-state index in [1.165, 1.54) is 6.07 Å². The Bertz CT molecular complexity index is 742. The molecular weight excluding hydrogens is 349 g/mol. The Hall–Kier alpha value is -2.04. The lowest BCUT2D eigenvalue weighted by atomic mass is 10.0. The average Bonchev–Trinajstić information content (AvgIpc) is 2.55. The molecule has 0 bridgehead atoms. The van der Waals surface area contributed by atoms with Gasteiger partial charge in [-0.15, -0.1) is 0 Å². The van der Waals surface area contributed by atoms with Gasteiger partial charge >= 0.3 is 5.97 Å². The Labute approximate surface area is 150 Å². The van der Waals surface area contributed by atoms with Crippen molar-refractivity contribution in [3.8, 4) is 0 Å². The third-order valence-electron chi connectivity index (χ3n) is 3.35. The molecule has 0 unspecified atom stereocenters. The predicted molar refractivity (Wildman–Crippen MR) is 95.9 cm³/mol. The van der Waals surface area contributed by atoms with Gasteiger partial charge in [-0.25, -0.2) is 4.79 Å². The van der Waals surface area contributed by atoms with E-state index in [2.05, 4.69) is 19.2 Å². The summed E-state index contributed by atoms with van der Waals surface area (Å²) in [6.45, 7) is 3.74. The van der Waals surface area contributed by atoms with Gasteiger partial charge in [0.15, 0.2) is 6.61 Å². The van der Waals surface area contributed by atoms with E-state index in [1.807, 2.05) is 12.1 Å². The normalized spacial score (nSPS) is 10.5. The fourth-order valence-corrected chi connectivity index (χ4v) is 2.45. The summed E-state index contributed by atoms with van der Waals surface area (Å²) in [6, 6.07) is 11.8. The summed E-state index contributed by atoms with van der Waals surface area (Å²) in [5.41, 5.74) is 1.93. The molecule has 4 nitrogen and oxygen atoms in total. The van der Waals surface area contributed by atoms with E-state index in [0.717, 1.165) is 5.56 Å². The Morgan fingerprint density at radius 1 is 1.08 bits per heavy atom. The second kappa shape index (κ2) is 8.18. The minimum absolute atomic E-state index is 0.312. The predicted octanol–water partition coefficient (Wildman–Crippen LogP) is 4.91. The van der Waals surface area contributed by atoms with Crippen molar-refractivity contribution >= 4 is 40.8 Å². The number of hydrogen-bond donors (Lipinski definition) is 1. The van der Waals surface area contributed by atoms with E-state index in [4.69, 9.17) is 27.9 Å². The molecule has 2 aromatic rings. The number of nitrogens with one attached hydrogen (secondary N) is 1. The second-order valence-electron chi connectivity index (χ2n) is 5.53. The Morgan fingerprint density at radius 2 is 1.75 bits per heavy atom. The molecule has 2 aromatic carbocycles. The van der Waals surface area contributed by atoms with Crippen LogP contribution in [0.5, 0.6) is 0 Å². The number of rotatable bonds is 5. The number of hydrogen-bond acceptors (Lipinski definition) is 3. The summed E-state index contributed by atoms with van der Waals surface area (Å²) in [4.78, 5) is 23.8. The molecule has 0 aromatic heterocycles. The van der Waals surface area contributed by atoms with E-state index in [-0.39, 0.29) is 0 Å². The van der Waals surface area contributed by atoms with Crippen LogP contribution < -0.4 is 5.32 Å². The van der Waals surface area contributed by atoms with Crippen molar-refractivity contribution in [3.63, 3.8) is 0 Å². The van der Waals surface area contributed by atoms with Crippen molar-refractivity contribution in [1.82, 2.24) is 0 Å². The van der Waals surface area contributed by atoms with E-state index in [9.17, 15) is 9.59 Å². The molecule has 0 radical (unpaired) electrons. The first-order valence-electron chi connectivity index (χ1n) is 7.39. The quantitative estimate of drug-likeness (QED) is 0.765. The standard InChI is InChI=1S/C18H17Cl2NO3/c1-11(2)12-3-5-13(6-4-12)18(23)24-10-17(22)21-16-8-7-14(19)9-15(16)20/h3-9,11H,10H2,1-2H3,(H,21,22). The lowest BCUT2D eigenvalue weighted by Crippen LogP contribution is -2.21. The zero-order valence-electron chi connectivity index (χ0n) is 13.3. The number of carbonyl (C=O) groups excluding carboxylic acids is 2. The first-order valence-corrected chi connectivity index (χ1v) is 8.14.